The van der Waals surface area contributed by atoms with Gasteiger partial charge in [0.25, 0.3) is 0 Å². The van der Waals surface area contributed by atoms with E-state index in [9.17, 15) is 9.59 Å². The molecule has 2 unspecified atom stereocenters. The van der Waals surface area contributed by atoms with Crippen molar-refractivity contribution in [1.82, 2.24) is 5.32 Å². The third kappa shape index (κ3) is 5.19. The molecule has 1 aliphatic heterocycles. The number of carbonyl (C=O) groups is 2. The summed E-state index contributed by atoms with van der Waals surface area (Å²) in [7, 11) is 1.65. The Labute approximate surface area is 208 Å². The van der Waals surface area contributed by atoms with E-state index in [1.54, 1.807) is 7.11 Å². The molecule has 1 aliphatic carbocycles. The molecule has 5 heteroatoms. The number of ether oxygens (including phenoxy) is 2. The standard InChI is InChI=1S/C30H35NO4/c1-5-7-16-35-30(33)27-19(3)31-25-17-23(21-12-14-24(34-4)15-13-21)18-26(32)29(25)28(27)22-10-8-20(6-2)9-11-22/h8-15,23,28,31H,5-7,16-18H2,1-4H3. The van der Waals surface area contributed by atoms with Gasteiger partial charge in [0.05, 0.1) is 19.3 Å². The van der Waals surface area contributed by atoms with Gasteiger partial charge in [0.1, 0.15) is 5.75 Å². The molecule has 0 fully saturated rings. The normalized spacial score (nSPS) is 19.8. The number of rotatable bonds is 8. The molecule has 0 spiro atoms. The Kier molecular flexibility index (Phi) is 7.74. The Morgan fingerprint density at radius 1 is 1.00 bits per heavy atom. The van der Waals surface area contributed by atoms with Crippen molar-refractivity contribution in [1.29, 1.82) is 0 Å². The van der Waals surface area contributed by atoms with Crippen molar-refractivity contribution in [3.63, 3.8) is 0 Å². The first-order valence-corrected chi connectivity index (χ1v) is 12.6. The number of unbranched alkanes of at least 4 members (excludes halogenated alkanes) is 1. The first-order chi connectivity index (χ1) is 17.0. The molecule has 0 radical (unpaired) electrons. The first-order valence-electron chi connectivity index (χ1n) is 12.6. The third-order valence-electron chi connectivity index (χ3n) is 7.09. The molecule has 35 heavy (non-hydrogen) atoms. The second kappa shape index (κ2) is 10.9. The van der Waals surface area contributed by atoms with Gasteiger partial charge in [-0.05, 0) is 60.9 Å². The van der Waals surface area contributed by atoms with Crippen LogP contribution in [0.15, 0.2) is 71.1 Å². The maximum Gasteiger partial charge on any atom is 0.336 e. The molecule has 4 rings (SSSR count). The highest BCUT2D eigenvalue weighted by Gasteiger charge is 2.41. The maximum atomic E-state index is 13.7. The van der Waals surface area contributed by atoms with Crippen molar-refractivity contribution < 1.29 is 19.1 Å². The molecule has 2 aliphatic rings. The van der Waals surface area contributed by atoms with E-state index in [2.05, 4.69) is 43.4 Å². The van der Waals surface area contributed by atoms with Gasteiger partial charge in [-0.1, -0.05) is 56.7 Å². The SMILES string of the molecule is CCCCOC(=O)C1=C(C)NC2=C(C(=O)CC(c3ccc(OC)cc3)C2)C1c1ccc(CC)cc1. The largest absolute Gasteiger partial charge is 0.497 e. The Hall–Kier alpha value is -3.34. The number of benzene rings is 2. The zero-order valence-corrected chi connectivity index (χ0v) is 21.1. The van der Waals surface area contributed by atoms with Crippen LogP contribution >= 0.6 is 0 Å². The molecule has 2 aromatic rings. The van der Waals surface area contributed by atoms with E-state index in [0.29, 0.717) is 30.6 Å². The topological polar surface area (TPSA) is 64.6 Å². The van der Waals surface area contributed by atoms with E-state index in [1.165, 1.54) is 5.56 Å². The van der Waals surface area contributed by atoms with Crippen LogP contribution in [0.3, 0.4) is 0 Å². The van der Waals surface area contributed by atoms with E-state index in [1.807, 2.05) is 31.2 Å². The molecule has 0 saturated carbocycles. The molecule has 2 atom stereocenters. The number of carbonyl (C=O) groups excluding carboxylic acids is 2. The summed E-state index contributed by atoms with van der Waals surface area (Å²) in [6.45, 7) is 6.47. The lowest BCUT2D eigenvalue weighted by molar-refractivity contribution is -0.139. The van der Waals surface area contributed by atoms with Gasteiger partial charge in [-0.15, -0.1) is 0 Å². The second-order valence-corrected chi connectivity index (χ2v) is 9.38. The number of allylic oxidation sites excluding steroid dienone is 3. The molecule has 1 heterocycles. The van der Waals surface area contributed by atoms with Crippen molar-refractivity contribution in [2.45, 2.75) is 64.7 Å². The molecule has 0 amide bonds. The van der Waals surface area contributed by atoms with Gasteiger partial charge >= 0.3 is 5.97 Å². The van der Waals surface area contributed by atoms with Gasteiger partial charge < -0.3 is 14.8 Å². The van der Waals surface area contributed by atoms with E-state index >= 15 is 0 Å². The minimum atomic E-state index is -0.421. The summed E-state index contributed by atoms with van der Waals surface area (Å²) in [5.41, 5.74) is 6.20. The quantitative estimate of drug-likeness (QED) is 0.378. The monoisotopic (exact) mass is 473 g/mol. The zero-order chi connectivity index (χ0) is 24.9. The highest BCUT2D eigenvalue weighted by atomic mass is 16.5. The fraction of sp³-hybridized carbons (Fsp3) is 0.400. The molecule has 5 nitrogen and oxygen atoms in total. The van der Waals surface area contributed by atoms with E-state index in [-0.39, 0.29) is 17.7 Å². The Balaban J connectivity index is 1.72. The molecule has 2 aromatic carbocycles. The second-order valence-electron chi connectivity index (χ2n) is 9.38. The Bertz CT molecular complexity index is 1140. The number of ketones is 1. The van der Waals surface area contributed by atoms with Crippen LogP contribution in [-0.4, -0.2) is 25.5 Å². The predicted octanol–water partition coefficient (Wildman–Crippen LogP) is 5.96. The number of hydrogen-bond acceptors (Lipinski definition) is 5. The molecule has 1 N–H and O–H groups in total. The summed E-state index contributed by atoms with van der Waals surface area (Å²) in [5.74, 6) is 0.191. The lowest BCUT2D eigenvalue weighted by Gasteiger charge is -2.36. The van der Waals surface area contributed by atoms with Crippen molar-refractivity contribution in [3.8, 4) is 5.75 Å². The summed E-state index contributed by atoms with van der Waals surface area (Å²) in [6.07, 6.45) is 3.83. The van der Waals surface area contributed by atoms with Crippen LogP contribution in [0.2, 0.25) is 0 Å². The van der Waals surface area contributed by atoms with Gasteiger partial charge in [-0.25, -0.2) is 4.79 Å². The van der Waals surface area contributed by atoms with E-state index < -0.39 is 5.92 Å². The van der Waals surface area contributed by atoms with Crippen LogP contribution in [0.5, 0.6) is 5.75 Å². The number of esters is 1. The van der Waals surface area contributed by atoms with Crippen LogP contribution in [-0.2, 0) is 20.7 Å². The van der Waals surface area contributed by atoms with Crippen LogP contribution in [0, 0.1) is 0 Å². The van der Waals surface area contributed by atoms with Crippen LogP contribution in [0.25, 0.3) is 0 Å². The summed E-state index contributed by atoms with van der Waals surface area (Å²) in [6, 6.07) is 16.2. The minimum Gasteiger partial charge on any atom is -0.497 e. The number of hydrogen-bond donors (Lipinski definition) is 1. The van der Waals surface area contributed by atoms with Gasteiger partial charge in [0, 0.05) is 29.3 Å². The summed E-state index contributed by atoms with van der Waals surface area (Å²) < 4.78 is 10.9. The van der Waals surface area contributed by atoms with Crippen molar-refractivity contribution in [2.75, 3.05) is 13.7 Å². The molecule has 184 valence electrons. The average molecular weight is 474 g/mol. The third-order valence-corrected chi connectivity index (χ3v) is 7.09. The molecule has 0 saturated heterocycles. The highest BCUT2D eigenvalue weighted by molar-refractivity contribution is 6.04. The minimum absolute atomic E-state index is 0.0774. The van der Waals surface area contributed by atoms with Gasteiger partial charge in [0.15, 0.2) is 5.78 Å². The van der Waals surface area contributed by atoms with Gasteiger partial charge in [0.2, 0.25) is 0 Å². The summed E-state index contributed by atoms with van der Waals surface area (Å²) in [4.78, 5) is 26.9. The van der Waals surface area contributed by atoms with Crippen molar-refractivity contribution in [2.24, 2.45) is 0 Å². The molecule has 0 aromatic heterocycles. The fourth-order valence-corrected chi connectivity index (χ4v) is 5.09. The smallest absolute Gasteiger partial charge is 0.336 e. The van der Waals surface area contributed by atoms with E-state index in [0.717, 1.165) is 47.5 Å². The first kappa shape index (κ1) is 24.8. The highest BCUT2D eigenvalue weighted by Crippen LogP contribution is 2.45. The molecule has 0 bridgehead atoms. The zero-order valence-electron chi connectivity index (χ0n) is 21.1. The number of aryl methyl sites for hydroxylation is 1. The Morgan fingerprint density at radius 2 is 1.69 bits per heavy atom. The number of methoxy groups -OCH3 is 1. The predicted molar refractivity (Wildman–Crippen MR) is 137 cm³/mol. The van der Waals surface area contributed by atoms with Crippen LogP contribution in [0.1, 0.15) is 75.0 Å². The maximum absolute atomic E-state index is 13.7. The van der Waals surface area contributed by atoms with Gasteiger partial charge in [-0.2, -0.15) is 0 Å². The van der Waals surface area contributed by atoms with E-state index in [4.69, 9.17) is 9.47 Å². The summed E-state index contributed by atoms with van der Waals surface area (Å²) >= 11 is 0. The van der Waals surface area contributed by atoms with Crippen molar-refractivity contribution in [3.05, 3.63) is 87.8 Å². The number of nitrogens with one attached hydrogen (secondary N) is 1. The average Bonchev–Trinajstić information content (AvgIpc) is 2.88. The van der Waals surface area contributed by atoms with Crippen LogP contribution < -0.4 is 10.1 Å². The van der Waals surface area contributed by atoms with Crippen molar-refractivity contribution >= 4 is 11.8 Å². The lowest BCUT2D eigenvalue weighted by Crippen LogP contribution is -2.36. The fourth-order valence-electron chi connectivity index (χ4n) is 5.09. The summed E-state index contributed by atoms with van der Waals surface area (Å²) in [5, 5.41) is 3.43. The number of dihydropyridines is 1. The van der Waals surface area contributed by atoms with Gasteiger partial charge in [-0.3, -0.25) is 4.79 Å². The van der Waals surface area contributed by atoms with Crippen LogP contribution in [0.4, 0.5) is 0 Å². The lowest BCUT2D eigenvalue weighted by atomic mass is 9.71. The Morgan fingerprint density at radius 3 is 2.31 bits per heavy atom. The number of Topliss-reactive ketones (excluding diaryl/α,β-unsaturated/α-hetero) is 1. The molecular formula is C30H35NO4. The molecular weight excluding hydrogens is 438 g/mol.